The van der Waals surface area contributed by atoms with Crippen molar-refractivity contribution >= 4 is 21.4 Å². The molecule has 1 atom stereocenters. The van der Waals surface area contributed by atoms with Gasteiger partial charge in [-0.15, -0.1) is 11.3 Å². The first-order valence-corrected chi connectivity index (χ1v) is 8.98. The van der Waals surface area contributed by atoms with Gasteiger partial charge < -0.3 is 5.32 Å². The molecule has 4 nitrogen and oxygen atoms in total. The number of sulfonamides is 1. The molecule has 0 aliphatic rings. The molecule has 0 saturated carbocycles. The summed E-state index contributed by atoms with van der Waals surface area (Å²) in [6.07, 6.45) is 0. The summed E-state index contributed by atoms with van der Waals surface area (Å²) in [5.74, 6) is 0.109. The fraction of sp³-hybridized carbons (Fsp3) is 0.692. The van der Waals surface area contributed by atoms with Gasteiger partial charge in [-0.2, -0.15) is 0 Å². The van der Waals surface area contributed by atoms with Gasteiger partial charge >= 0.3 is 0 Å². The number of thiophene rings is 1. The predicted molar refractivity (Wildman–Crippen MR) is 82.3 cm³/mol. The second-order valence-corrected chi connectivity index (χ2v) is 8.47. The van der Waals surface area contributed by atoms with E-state index in [0.29, 0.717) is 12.6 Å². The first-order chi connectivity index (χ1) is 8.71. The highest BCUT2D eigenvalue weighted by Crippen LogP contribution is 2.26. The van der Waals surface area contributed by atoms with Crippen LogP contribution in [-0.2, 0) is 10.0 Å². The fourth-order valence-corrected chi connectivity index (χ4v) is 4.15. The summed E-state index contributed by atoms with van der Waals surface area (Å²) in [6, 6.07) is 2.18. The zero-order valence-corrected chi connectivity index (χ0v) is 13.9. The van der Waals surface area contributed by atoms with Crippen LogP contribution in [0.1, 0.15) is 42.1 Å². The Morgan fingerprint density at radius 1 is 1.26 bits per heavy atom. The van der Waals surface area contributed by atoms with Crippen molar-refractivity contribution in [3.05, 3.63) is 21.4 Å². The van der Waals surface area contributed by atoms with Crippen LogP contribution < -0.4 is 10.0 Å². The molecular weight excluding hydrogens is 280 g/mol. The van der Waals surface area contributed by atoms with Crippen LogP contribution in [0.25, 0.3) is 0 Å². The summed E-state index contributed by atoms with van der Waals surface area (Å²) in [5, 5.41) is 3.11. The van der Waals surface area contributed by atoms with E-state index < -0.39 is 10.0 Å². The molecule has 0 aliphatic carbocycles. The van der Waals surface area contributed by atoms with Crippen molar-refractivity contribution in [1.29, 1.82) is 0 Å². The molecule has 0 fully saturated rings. The van der Waals surface area contributed by atoms with Gasteiger partial charge in [0.25, 0.3) is 0 Å². The van der Waals surface area contributed by atoms with E-state index >= 15 is 0 Å². The molecule has 0 saturated heterocycles. The van der Waals surface area contributed by atoms with Gasteiger partial charge in [0.1, 0.15) is 0 Å². The van der Waals surface area contributed by atoms with Crippen LogP contribution in [-0.4, -0.2) is 26.8 Å². The number of rotatable bonds is 7. The van der Waals surface area contributed by atoms with Gasteiger partial charge in [0, 0.05) is 28.4 Å². The van der Waals surface area contributed by atoms with Crippen LogP contribution in [0.4, 0.5) is 0 Å². The lowest BCUT2D eigenvalue weighted by Gasteiger charge is -2.15. The van der Waals surface area contributed by atoms with Crippen LogP contribution in [0.2, 0.25) is 0 Å². The molecule has 1 aromatic rings. The molecule has 110 valence electrons. The van der Waals surface area contributed by atoms with Crippen molar-refractivity contribution in [2.75, 3.05) is 12.3 Å². The molecule has 0 aromatic carbocycles. The molecule has 1 rings (SSSR count). The first kappa shape index (κ1) is 16.6. The average molecular weight is 304 g/mol. The second-order valence-electron chi connectivity index (χ2n) is 5.14. The van der Waals surface area contributed by atoms with Gasteiger partial charge in [-0.3, -0.25) is 0 Å². The third kappa shape index (κ3) is 5.60. The Morgan fingerprint density at radius 2 is 1.89 bits per heavy atom. The Balaban J connectivity index is 2.60. The zero-order valence-electron chi connectivity index (χ0n) is 12.3. The van der Waals surface area contributed by atoms with Crippen molar-refractivity contribution in [3.63, 3.8) is 0 Å². The van der Waals surface area contributed by atoms with Crippen molar-refractivity contribution < 1.29 is 8.42 Å². The highest BCUT2D eigenvalue weighted by molar-refractivity contribution is 7.89. The third-order valence-electron chi connectivity index (χ3n) is 2.83. The van der Waals surface area contributed by atoms with E-state index in [2.05, 4.69) is 16.1 Å². The Morgan fingerprint density at radius 3 is 2.37 bits per heavy atom. The van der Waals surface area contributed by atoms with E-state index in [1.165, 1.54) is 9.75 Å². The molecule has 1 heterocycles. The zero-order chi connectivity index (χ0) is 14.6. The van der Waals surface area contributed by atoms with E-state index in [0.717, 1.165) is 5.56 Å². The molecule has 0 bridgehead atoms. The van der Waals surface area contributed by atoms with Crippen molar-refractivity contribution in [2.45, 2.75) is 46.7 Å². The molecule has 0 aliphatic heterocycles. The molecule has 19 heavy (non-hydrogen) atoms. The summed E-state index contributed by atoms with van der Waals surface area (Å²) in [5.41, 5.74) is 1.07. The van der Waals surface area contributed by atoms with Gasteiger partial charge in [-0.25, -0.2) is 13.1 Å². The van der Waals surface area contributed by atoms with Crippen molar-refractivity contribution in [3.8, 4) is 0 Å². The average Bonchev–Trinajstić information content (AvgIpc) is 2.56. The van der Waals surface area contributed by atoms with E-state index in [-0.39, 0.29) is 11.8 Å². The predicted octanol–water partition coefficient (Wildman–Crippen LogP) is 2.34. The van der Waals surface area contributed by atoms with Crippen LogP contribution in [0, 0.1) is 13.8 Å². The highest BCUT2D eigenvalue weighted by Gasteiger charge is 2.18. The molecule has 6 heteroatoms. The summed E-state index contributed by atoms with van der Waals surface area (Å²) < 4.78 is 26.7. The number of hydrogen-bond acceptors (Lipinski definition) is 4. The van der Waals surface area contributed by atoms with Crippen molar-refractivity contribution in [1.82, 2.24) is 10.0 Å². The largest absolute Gasteiger partial charge is 0.313 e. The Kier molecular flexibility index (Phi) is 5.98. The SMILES string of the molecule is Cc1cc(C(C)NS(=O)(=O)CCNC(C)C)c(C)s1. The lowest BCUT2D eigenvalue weighted by Crippen LogP contribution is -2.35. The van der Waals surface area contributed by atoms with Gasteiger partial charge in [-0.05, 0) is 32.4 Å². The van der Waals surface area contributed by atoms with Crippen LogP contribution >= 0.6 is 11.3 Å². The Hall–Kier alpha value is -0.430. The molecule has 0 spiro atoms. The maximum absolute atomic E-state index is 12.0. The lowest BCUT2D eigenvalue weighted by molar-refractivity contribution is 0.555. The number of aryl methyl sites for hydroxylation is 2. The lowest BCUT2D eigenvalue weighted by atomic mass is 10.1. The minimum atomic E-state index is -3.24. The topological polar surface area (TPSA) is 58.2 Å². The first-order valence-electron chi connectivity index (χ1n) is 6.51. The normalized spacial score (nSPS) is 14.0. The van der Waals surface area contributed by atoms with Gasteiger partial charge in [0.05, 0.1) is 5.75 Å². The smallest absolute Gasteiger partial charge is 0.213 e. The molecule has 1 unspecified atom stereocenters. The minimum absolute atomic E-state index is 0.109. The van der Waals surface area contributed by atoms with E-state index in [9.17, 15) is 8.42 Å². The summed E-state index contributed by atoms with van der Waals surface area (Å²) >= 11 is 1.70. The Bertz CT molecular complexity index is 507. The quantitative estimate of drug-likeness (QED) is 0.813. The van der Waals surface area contributed by atoms with E-state index in [4.69, 9.17) is 0 Å². The number of nitrogens with one attached hydrogen (secondary N) is 2. The Labute approximate surface area is 120 Å². The van der Waals surface area contributed by atoms with E-state index in [1.807, 2.05) is 34.6 Å². The fourth-order valence-electron chi connectivity index (χ4n) is 1.95. The summed E-state index contributed by atoms with van der Waals surface area (Å²) in [6.45, 7) is 10.4. The van der Waals surface area contributed by atoms with E-state index in [1.54, 1.807) is 11.3 Å². The number of hydrogen-bond donors (Lipinski definition) is 2. The van der Waals surface area contributed by atoms with Gasteiger partial charge in [-0.1, -0.05) is 13.8 Å². The maximum atomic E-state index is 12.0. The minimum Gasteiger partial charge on any atom is -0.313 e. The van der Waals surface area contributed by atoms with Gasteiger partial charge in [0.2, 0.25) is 10.0 Å². The summed E-state index contributed by atoms with van der Waals surface area (Å²) in [4.78, 5) is 2.38. The van der Waals surface area contributed by atoms with Crippen LogP contribution in [0.15, 0.2) is 6.07 Å². The maximum Gasteiger partial charge on any atom is 0.213 e. The molecule has 2 N–H and O–H groups in total. The molecular formula is C13H24N2O2S2. The van der Waals surface area contributed by atoms with Crippen molar-refractivity contribution in [2.24, 2.45) is 0 Å². The summed E-state index contributed by atoms with van der Waals surface area (Å²) in [7, 11) is -3.24. The second kappa shape index (κ2) is 6.83. The van der Waals surface area contributed by atoms with Gasteiger partial charge in [0.15, 0.2) is 0 Å². The highest BCUT2D eigenvalue weighted by atomic mass is 32.2. The van der Waals surface area contributed by atoms with Crippen LogP contribution in [0.5, 0.6) is 0 Å². The molecule has 0 radical (unpaired) electrons. The third-order valence-corrected chi connectivity index (χ3v) is 5.26. The van der Waals surface area contributed by atoms with Crippen LogP contribution in [0.3, 0.4) is 0 Å². The molecule has 0 amide bonds. The standard InChI is InChI=1S/C13H24N2O2S2/c1-9(2)14-6-7-19(16,17)15-11(4)13-8-10(3)18-12(13)5/h8-9,11,14-15H,6-7H2,1-5H3. The molecule has 1 aromatic heterocycles. The monoisotopic (exact) mass is 304 g/mol.